The third kappa shape index (κ3) is 1.19. The molecule has 3 aliphatic rings. The maximum atomic E-state index is 10.8. The van der Waals surface area contributed by atoms with Crippen molar-refractivity contribution in [2.75, 3.05) is 0 Å². The number of hydrogen-bond donors (Lipinski definition) is 0. The van der Waals surface area contributed by atoms with E-state index in [9.17, 15) is 8.42 Å². The van der Waals surface area contributed by atoms with Gasteiger partial charge in [-0.25, -0.2) is 0 Å². The standard InChI is InChI=1S/C8H8ClNO3S/c9-14(11,12)10-8-7-4-2-1-3-5(13-8)6(4)7/h1,3-7H,2H2/b10-8-. The van der Waals surface area contributed by atoms with Crippen LogP contribution >= 0.6 is 10.7 Å². The molecule has 3 rings (SSSR count). The van der Waals surface area contributed by atoms with Gasteiger partial charge in [-0.15, -0.1) is 4.40 Å². The SMILES string of the molecule is O=S(=O)(Cl)/N=C1\OC2C=CCC3C1C23. The summed E-state index contributed by atoms with van der Waals surface area (Å²) < 4.78 is 30.3. The summed E-state index contributed by atoms with van der Waals surface area (Å²) in [6.45, 7) is 0. The lowest BCUT2D eigenvalue weighted by molar-refractivity contribution is 0.219. The summed E-state index contributed by atoms with van der Waals surface area (Å²) in [6, 6.07) is 0. The van der Waals surface area contributed by atoms with E-state index < -0.39 is 9.24 Å². The maximum absolute atomic E-state index is 10.8. The molecule has 1 saturated heterocycles. The molecule has 0 aromatic carbocycles. The number of nitrogens with zero attached hydrogens (tertiary/aromatic N) is 1. The molecule has 1 heterocycles. The van der Waals surface area contributed by atoms with Crippen LogP contribution < -0.4 is 0 Å². The lowest BCUT2D eigenvalue weighted by atomic mass is 10.1. The first-order valence-corrected chi connectivity index (χ1v) is 6.71. The molecule has 14 heavy (non-hydrogen) atoms. The zero-order valence-corrected chi connectivity index (χ0v) is 8.70. The van der Waals surface area contributed by atoms with Gasteiger partial charge in [-0.05, 0) is 18.4 Å². The minimum absolute atomic E-state index is 0.0240. The van der Waals surface area contributed by atoms with Crippen LogP contribution in [-0.4, -0.2) is 20.4 Å². The molecular weight excluding hydrogens is 226 g/mol. The molecule has 2 aliphatic carbocycles. The average molecular weight is 234 g/mol. The second kappa shape index (κ2) is 2.52. The van der Waals surface area contributed by atoms with E-state index in [4.69, 9.17) is 15.4 Å². The van der Waals surface area contributed by atoms with Crippen LogP contribution in [-0.2, 0) is 14.0 Å². The van der Waals surface area contributed by atoms with Crippen LogP contribution in [0.5, 0.6) is 0 Å². The smallest absolute Gasteiger partial charge is 0.342 e. The van der Waals surface area contributed by atoms with Crippen LogP contribution in [0.2, 0.25) is 0 Å². The first kappa shape index (κ1) is 8.73. The molecule has 0 amide bonds. The zero-order chi connectivity index (χ0) is 9.92. The fourth-order valence-electron chi connectivity index (χ4n) is 2.52. The molecule has 4 nitrogen and oxygen atoms in total. The molecule has 2 fully saturated rings. The van der Waals surface area contributed by atoms with Gasteiger partial charge >= 0.3 is 9.24 Å². The van der Waals surface area contributed by atoms with Gasteiger partial charge in [0.2, 0.25) is 5.90 Å². The molecular formula is C8H8ClNO3S. The molecule has 1 saturated carbocycles. The molecule has 0 N–H and O–H groups in total. The van der Waals surface area contributed by atoms with Crippen LogP contribution in [0.4, 0.5) is 0 Å². The van der Waals surface area contributed by atoms with E-state index in [1.165, 1.54) is 0 Å². The first-order chi connectivity index (χ1) is 6.56. The number of fused-ring (bicyclic) bond motifs is 1. The normalized spacial score (nSPS) is 46.2. The Balaban J connectivity index is 1.95. The average Bonchev–Trinajstić information content (AvgIpc) is 2.63. The zero-order valence-electron chi connectivity index (χ0n) is 7.13. The Bertz CT molecular complexity index is 442. The fourth-order valence-corrected chi connectivity index (χ4v) is 3.11. The van der Waals surface area contributed by atoms with Crippen molar-refractivity contribution in [2.45, 2.75) is 12.5 Å². The Hall–Kier alpha value is -0.550. The van der Waals surface area contributed by atoms with E-state index in [2.05, 4.69) is 10.5 Å². The van der Waals surface area contributed by atoms with E-state index in [1.54, 1.807) is 0 Å². The van der Waals surface area contributed by atoms with Gasteiger partial charge in [0.1, 0.15) is 6.10 Å². The lowest BCUT2D eigenvalue weighted by Gasteiger charge is -2.15. The summed E-state index contributed by atoms with van der Waals surface area (Å²) in [4.78, 5) is 0. The molecule has 6 heteroatoms. The third-order valence-electron chi connectivity index (χ3n) is 3.08. The van der Waals surface area contributed by atoms with Crippen molar-refractivity contribution in [2.24, 2.45) is 22.2 Å². The Morgan fingerprint density at radius 2 is 2.36 bits per heavy atom. The summed E-state index contributed by atoms with van der Waals surface area (Å²) in [5, 5.41) is 0. The van der Waals surface area contributed by atoms with Crippen molar-refractivity contribution in [1.29, 1.82) is 0 Å². The topological polar surface area (TPSA) is 55.7 Å². The molecule has 76 valence electrons. The number of allylic oxidation sites excluding steroid dienone is 1. The van der Waals surface area contributed by atoms with Gasteiger partial charge in [0.05, 0.1) is 0 Å². The molecule has 0 radical (unpaired) electrons. The number of hydrogen-bond acceptors (Lipinski definition) is 3. The molecule has 0 aromatic rings. The van der Waals surface area contributed by atoms with Gasteiger partial charge in [-0.3, -0.25) is 0 Å². The fraction of sp³-hybridized carbons (Fsp3) is 0.625. The summed E-state index contributed by atoms with van der Waals surface area (Å²) in [6.07, 6.45) is 5.08. The Morgan fingerprint density at radius 1 is 1.57 bits per heavy atom. The number of rotatable bonds is 1. The van der Waals surface area contributed by atoms with Gasteiger partial charge < -0.3 is 4.74 Å². The van der Waals surface area contributed by atoms with Gasteiger partial charge in [-0.1, -0.05) is 6.08 Å². The Labute approximate surface area is 86.2 Å². The van der Waals surface area contributed by atoms with E-state index in [1.807, 2.05) is 6.08 Å². The highest BCUT2D eigenvalue weighted by atomic mass is 35.7. The van der Waals surface area contributed by atoms with Crippen molar-refractivity contribution >= 4 is 25.8 Å². The predicted molar refractivity (Wildman–Crippen MR) is 51.3 cm³/mol. The molecule has 1 aliphatic heterocycles. The van der Waals surface area contributed by atoms with Gasteiger partial charge in [0.25, 0.3) is 0 Å². The summed E-state index contributed by atoms with van der Waals surface area (Å²) in [5.74, 6) is 1.46. The molecule has 0 spiro atoms. The highest BCUT2D eigenvalue weighted by Crippen LogP contribution is 2.59. The maximum Gasteiger partial charge on any atom is 0.342 e. The molecule has 0 aromatic heterocycles. The lowest BCUT2D eigenvalue weighted by Crippen LogP contribution is -2.17. The van der Waals surface area contributed by atoms with E-state index in [0.29, 0.717) is 17.7 Å². The minimum atomic E-state index is -3.83. The van der Waals surface area contributed by atoms with Crippen LogP contribution in [0.15, 0.2) is 16.5 Å². The molecule has 4 atom stereocenters. The van der Waals surface area contributed by atoms with Crippen molar-refractivity contribution in [3.8, 4) is 0 Å². The Kier molecular flexibility index (Phi) is 1.57. The van der Waals surface area contributed by atoms with Gasteiger partial charge in [0, 0.05) is 22.5 Å². The van der Waals surface area contributed by atoms with Crippen molar-refractivity contribution in [3.05, 3.63) is 12.2 Å². The van der Waals surface area contributed by atoms with Crippen LogP contribution in [0.1, 0.15) is 6.42 Å². The van der Waals surface area contributed by atoms with Crippen molar-refractivity contribution < 1.29 is 13.2 Å². The second-order valence-corrected chi connectivity index (χ2v) is 6.03. The summed E-state index contributed by atoms with van der Waals surface area (Å²) in [7, 11) is 1.21. The summed E-state index contributed by atoms with van der Waals surface area (Å²) >= 11 is 0. The van der Waals surface area contributed by atoms with E-state index in [0.717, 1.165) is 6.42 Å². The monoisotopic (exact) mass is 233 g/mol. The van der Waals surface area contributed by atoms with Crippen LogP contribution in [0.25, 0.3) is 0 Å². The largest absolute Gasteiger partial charge is 0.472 e. The highest BCUT2D eigenvalue weighted by molar-refractivity contribution is 8.12. The Morgan fingerprint density at radius 3 is 2.93 bits per heavy atom. The number of halogens is 1. The first-order valence-electron chi connectivity index (χ1n) is 4.44. The van der Waals surface area contributed by atoms with Crippen LogP contribution in [0.3, 0.4) is 0 Å². The molecule has 0 bridgehead atoms. The van der Waals surface area contributed by atoms with Crippen LogP contribution in [0, 0.1) is 17.8 Å². The second-order valence-electron chi connectivity index (χ2n) is 3.85. The summed E-state index contributed by atoms with van der Waals surface area (Å²) in [5.41, 5.74) is 0. The van der Waals surface area contributed by atoms with Gasteiger partial charge in [0.15, 0.2) is 0 Å². The van der Waals surface area contributed by atoms with Gasteiger partial charge in [-0.2, -0.15) is 8.42 Å². The minimum Gasteiger partial charge on any atom is -0.472 e. The van der Waals surface area contributed by atoms with Crippen molar-refractivity contribution in [1.82, 2.24) is 0 Å². The predicted octanol–water partition coefficient (Wildman–Crippen LogP) is 1.09. The quantitative estimate of drug-likeness (QED) is 0.503. The van der Waals surface area contributed by atoms with E-state index in [-0.39, 0.29) is 12.0 Å². The third-order valence-corrected chi connectivity index (χ3v) is 3.69. The number of ether oxygens (including phenoxy) is 1. The highest BCUT2D eigenvalue weighted by Gasteiger charge is 2.64. The van der Waals surface area contributed by atoms with E-state index >= 15 is 0 Å². The molecule has 4 unspecified atom stereocenters. The van der Waals surface area contributed by atoms with Crippen molar-refractivity contribution in [3.63, 3.8) is 0 Å².